The Balaban J connectivity index is 1.43. The number of hydrogen-bond acceptors (Lipinski definition) is 5. The summed E-state index contributed by atoms with van der Waals surface area (Å²) < 4.78 is 0. The number of carbonyl (C=O) groups excluding carboxylic acids is 1. The maximum absolute atomic E-state index is 12.1. The normalized spacial score (nSPS) is 11.0. The molecule has 4 aromatic rings. The second-order valence-electron chi connectivity index (χ2n) is 5.77. The Bertz CT molecular complexity index is 1110. The average Bonchev–Trinajstić information content (AvgIpc) is 2.73. The van der Waals surface area contributed by atoms with Crippen LogP contribution in [-0.2, 0) is 4.79 Å². The van der Waals surface area contributed by atoms with Gasteiger partial charge < -0.3 is 5.32 Å². The zero-order valence-corrected chi connectivity index (χ0v) is 14.3. The van der Waals surface area contributed by atoms with Crippen molar-refractivity contribution in [2.45, 2.75) is 0 Å². The average molecular weight is 353 g/mol. The molecule has 6 nitrogen and oxygen atoms in total. The molecule has 2 heterocycles. The van der Waals surface area contributed by atoms with Crippen LogP contribution < -0.4 is 5.32 Å². The number of nitrogens with one attached hydrogen (secondary N) is 1. The van der Waals surface area contributed by atoms with E-state index in [0.29, 0.717) is 17.2 Å². The standard InChI is InChI=1S/C21H15N5O/c27-20(11-10-16-12-22-18-8-4-5-9-19(18)25-16)26-17-13-23-21(24-14-17)15-6-2-1-3-7-15/h1-14H,(H,26,27)/b11-10+. The number of rotatable bonds is 4. The first-order chi connectivity index (χ1) is 13.3. The van der Waals surface area contributed by atoms with Crippen molar-refractivity contribution >= 4 is 28.7 Å². The minimum absolute atomic E-state index is 0.291. The van der Waals surface area contributed by atoms with Crippen LogP contribution in [0.25, 0.3) is 28.5 Å². The minimum Gasteiger partial charge on any atom is -0.320 e. The van der Waals surface area contributed by atoms with Crippen molar-refractivity contribution in [2.75, 3.05) is 5.32 Å². The summed E-state index contributed by atoms with van der Waals surface area (Å²) in [5.74, 6) is 0.316. The van der Waals surface area contributed by atoms with Gasteiger partial charge in [-0.1, -0.05) is 42.5 Å². The molecule has 27 heavy (non-hydrogen) atoms. The zero-order chi connectivity index (χ0) is 18.5. The first kappa shape index (κ1) is 16.5. The lowest BCUT2D eigenvalue weighted by atomic mass is 10.2. The van der Waals surface area contributed by atoms with Gasteiger partial charge in [0.25, 0.3) is 0 Å². The molecule has 2 aromatic carbocycles. The highest BCUT2D eigenvalue weighted by atomic mass is 16.1. The van der Waals surface area contributed by atoms with Crippen molar-refractivity contribution in [1.29, 1.82) is 0 Å². The lowest BCUT2D eigenvalue weighted by molar-refractivity contribution is -0.111. The highest BCUT2D eigenvalue weighted by Gasteiger charge is 2.03. The molecule has 130 valence electrons. The van der Waals surface area contributed by atoms with Gasteiger partial charge in [0.1, 0.15) is 0 Å². The third-order valence-electron chi connectivity index (χ3n) is 3.82. The fraction of sp³-hybridized carbons (Fsp3) is 0. The van der Waals surface area contributed by atoms with Gasteiger partial charge >= 0.3 is 0 Å². The molecule has 2 aromatic heterocycles. The van der Waals surface area contributed by atoms with Crippen molar-refractivity contribution in [3.05, 3.63) is 85.0 Å². The predicted molar refractivity (Wildman–Crippen MR) is 105 cm³/mol. The summed E-state index contributed by atoms with van der Waals surface area (Å²) in [5.41, 5.74) is 3.65. The molecule has 0 fully saturated rings. The second-order valence-corrected chi connectivity index (χ2v) is 5.77. The third kappa shape index (κ3) is 4.01. The number of benzene rings is 2. The van der Waals surface area contributed by atoms with Gasteiger partial charge in [0, 0.05) is 11.6 Å². The summed E-state index contributed by atoms with van der Waals surface area (Å²) in [6, 6.07) is 17.2. The first-order valence-corrected chi connectivity index (χ1v) is 8.36. The lowest BCUT2D eigenvalue weighted by Gasteiger charge is -2.03. The summed E-state index contributed by atoms with van der Waals surface area (Å²) in [6.45, 7) is 0. The quantitative estimate of drug-likeness (QED) is 0.565. The number of fused-ring (bicyclic) bond motifs is 1. The van der Waals surface area contributed by atoms with Gasteiger partial charge in [-0.3, -0.25) is 9.78 Å². The number of para-hydroxylation sites is 2. The van der Waals surface area contributed by atoms with Crippen LogP contribution in [0.15, 0.2) is 79.3 Å². The van der Waals surface area contributed by atoms with Crippen LogP contribution in [-0.4, -0.2) is 25.8 Å². The monoisotopic (exact) mass is 353 g/mol. The zero-order valence-electron chi connectivity index (χ0n) is 14.3. The second kappa shape index (κ2) is 7.53. The maximum Gasteiger partial charge on any atom is 0.248 e. The number of anilines is 1. The van der Waals surface area contributed by atoms with E-state index in [1.54, 1.807) is 24.7 Å². The van der Waals surface area contributed by atoms with Crippen molar-refractivity contribution < 1.29 is 4.79 Å². The van der Waals surface area contributed by atoms with E-state index in [1.807, 2.05) is 54.6 Å². The predicted octanol–water partition coefficient (Wildman–Crippen LogP) is 3.74. The van der Waals surface area contributed by atoms with Crippen molar-refractivity contribution in [1.82, 2.24) is 19.9 Å². The Morgan fingerprint density at radius 2 is 1.52 bits per heavy atom. The highest BCUT2D eigenvalue weighted by Crippen LogP contribution is 2.15. The fourth-order valence-corrected chi connectivity index (χ4v) is 2.53. The summed E-state index contributed by atoms with van der Waals surface area (Å²) in [6.07, 6.45) is 7.82. The number of nitrogens with zero attached hydrogens (tertiary/aromatic N) is 4. The van der Waals surface area contributed by atoms with Gasteiger partial charge in [-0.15, -0.1) is 0 Å². The summed E-state index contributed by atoms with van der Waals surface area (Å²) in [4.78, 5) is 29.4. The van der Waals surface area contributed by atoms with Gasteiger partial charge in [0.05, 0.1) is 41.0 Å². The molecule has 0 spiro atoms. The SMILES string of the molecule is O=C(/C=C/c1cnc2ccccc2n1)Nc1cnc(-c2ccccc2)nc1. The number of hydrogen-bond donors (Lipinski definition) is 1. The molecule has 0 saturated carbocycles. The molecular formula is C21H15N5O. The lowest BCUT2D eigenvalue weighted by Crippen LogP contribution is -2.08. The van der Waals surface area contributed by atoms with Crippen molar-refractivity contribution in [3.8, 4) is 11.4 Å². The van der Waals surface area contributed by atoms with Crippen molar-refractivity contribution in [3.63, 3.8) is 0 Å². The van der Waals surface area contributed by atoms with E-state index in [2.05, 4.69) is 25.3 Å². The summed E-state index contributed by atoms with van der Waals surface area (Å²) >= 11 is 0. The molecule has 1 amide bonds. The fourth-order valence-electron chi connectivity index (χ4n) is 2.53. The Hall–Kier alpha value is -3.93. The van der Waals surface area contributed by atoms with E-state index in [0.717, 1.165) is 16.6 Å². The molecule has 1 N–H and O–H groups in total. The van der Waals surface area contributed by atoms with Gasteiger partial charge in [-0.2, -0.15) is 0 Å². The Morgan fingerprint density at radius 3 is 2.30 bits per heavy atom. The van der Waals surface area contributed by atoms with Gasteiger partial charge in [0.15, 0.2) is 5.82 Å². The van der Waals surface area contributed by atoms with Crippen LogP contribution in [0.1, 0.15) is 5.69 Å². The molecule has 0 atom stereocenters. The van der Waals surface area contributed by atoms with E-state index in [4.69, 9.17) is 0 Å². The molecule has 0 bridgehead atoms. The molecule has 0 aliphatic heterocycles. The van der Waals surface area contributed by atoms with Crippen molar-refractivity contribution in [2.24, 2.45) is 0 Å². The van der Waals surface area contributed by atoms with Gasteiger partial charge in [-0.25, -0.2) is 15.0 Å². The highest BCUT2D eigenvalue weighted by molar-refractivity contribution is 6.01. The molecule has 0 radical (unpaired) electrons. The number of amides is 1. The Labute approximate surface area is 155 Å². The Morgan fingerprint density at radius 1 is 0.815 bits per heavy atom. The topological polar surface area (TPSA) is 80.7 Å². The van der Waals surface area contributed by atoms with E-state index >= 15 is 0 Å². The molecule has 0 aliphatic carbocycles. The molecule has 6 heteroatoms. The van der Waals surface area contributed by atoms with Gasteiger partial charge in [-0.05, 0) is 18.2 Å². The number of carbonyl (C=O) groups is 1. The van der Waals surface area contributed by atoms with Crippen LogP contribution in [0.2, 0.25) is 0 Å². The third-order valence-corrected chi connectivity index (χ3v) is 3.82. The molecular weight excluding hydrogens is 338 g/mol. The first-order valence-electron chi connectivity index (χ1n) is 8.36. The molecule has 0 aliphatic rings. The number of aromatic nitrogens is 4. The molecule has 0 saturated heterocycles. The van der Waals surface area contributed by atoms with Crippen LogP contribution in [0.4, 0.5) is 5.69 Å². The molecule has 0 unspecified atom stereocenters. The maximum atomic E-state index is 12.1. The van der Waals surface area contributed by atoms with Crippen LogP contribution in [0.3, 0.4) is 0 Å². The van der Waals surface area contributed by atoms with Gasteiger partial charge in [0.2, 0.25) is 5.91 Å². The summed E-state index contributed by atoms with van der Waals surface area (Å²) in [5, 5.41) is 2.73. The van der Waals surface area contributed by atoms with Crippen LogP contribution >= 0.6 is 0 Å². The smallest absolute Gasteiger partial charge is 0.248 e. The van der Waals surface area contributed by atoms with E-state index in [9.17, 15) is 4.79 Å². The summed E-state index contributed by atoms with van der Waals surface area (Å²) in [7, 11) is 0. The minimum atomic E-state index is -0.291. The van der Waals surface area contributed by atoms with E-state index in [1.165, 1.54) is 6.08 Å². The van der Waals surface area contributed by atoms with E-state index < -0.39 is 0 Å². The van der Waals surface area contributed by atoms with E-state index in [-0.39, 0.29) is 5.91 Å². The van der Waals surface area contributed by atoms with Crippen LogP contribution in [0, 0.1) is 0 Å². The largest absolute Gasteiger partial charge is 0.320 e. The molecule has 4 rings (SSSR count). The Kier molecular flexibility index (Phi) is 4.61. The van der Waals surface area contributed by atoms with Crippen LogP contribution in [0.5, 0.6) is 0 Å².